The molecule has 0 aliphatic heterocycles. The number of ether oxygens (including phenoxy) is 1. The van der Waals surface area contributed by atoms with E-state index in [1.54, 1.807) is 0 Å². The SMILES string of the molecule is CCCC(C)(Oc1ccc(F)c(F)c1)C(=O)O. The van der Waals surface area contributed by atoms with Gasteiger partial charge in [-0.2, -0.15) is 0 Å². The minimum absolute atomic E-state index is 0.00208. The first-order chi connectivity index (χ1) is 7.89. The van der Waals surface area contributed by atoms with Gasteiger partial charge in [-0.25, -0.2) is 13.6 Å². The van der Waals surface area contributed by atoms with E-state index in [1.807, 2.05) is 6.92 Å². The quantitative estimate of drug-likeness (QED) is 0.866. The molecule has 0 bridgehead atoms. The molecule has 1 atom stereocenters. The van der Waals surface area contributed by atoms with E-state index in [9.17, 15) is 13.6 Å². The zero-order chi connectivity index (χ0) is 13.1. The molecule has 0 aliphatic carbocycles. The van der Waals surface area contributed by atoms with Crippen molar-refractivity contribution in [1.29, 1.82) is 0 Å². The van der Waals surface area contributed by atoms with Crippen LogP contribution in [0, 0.1) is 11.6 Å². The van der Waals surface area contributed by atoms with Crippen LogP contribution in [0.4, 0.5) is 8.78 Å². The van der Waals surface area contributed by atoms with Crippen LogP contribution in [0.25, 0.3) is 0 Å². The van der Waals surface area contributed by atoms with Crippen LogP contribution in [0.5, 0.6) is 5.75 Å². The van der Waals surface area contributed by atoms with E-state index in [2.05, 4.69) is 0 Å². The molecule has 1 rings (SSSR count). The van der Waals surface area contributed by atoms with E-state index in [0.717, 1.165) is 12.1 Å². The Labute approximate surface area is 98.0 Å². The summed E-state index contributed by atoms with van der Waals surface area (Å²) in [6.45, 7) is 3.22. The molecule has 1 N–H and O–H groups in total. The van der Waals surface area contributed by atoms with Crippen LogP contribution in [0.15, 0.2) is 18.2 Å². The highest BCUT2D eigenvalue weighted by Gasteiger charge is 2.34. The van der Waals surface area contributed by atoms with Gasteiger partial charge in [-0.05, 0) is 25.5 Å². The fourth-order valence-electron chi connectivity index (χ4n) is 1.48. The van der Waals surface area contributed by atoms with Crippen LogP contribution < -0.4 is 4.74 Å². The molecule has 3 nitrogen and oxygen atoms in total. The molecule has 94 valence electrons. The molecule has 1 aromatic carbocycles. The Morgan fingerprint density at radius 2 is 2.06 bits per heavy atom. The molecule has 1 unspecified atom stereocenters. The van der Waals surface area contributed by atoms with Gasteiger partial charge in [0.25, 0.3) is 0 Å². The Bertz CT molecular complexity index is 420. The summed E-state index contributed by atoms with van der Waals surface area (Å²) in [5.41, 5.74) is -1.43. The fraction of sp³-hybridized carbons (Fsp3) is 0.417. The van der Waals surface area contributed by atoms with Crippen molar-refractivity contribution in [2.24, 2.45) is 0 Å². The third kappa shape index (κ3) is 3.15. The summed E-state index contributed by atoms with van der Waals surface area (Å²) >= 11 is 0. The highest BCUT2D eigenvalue weighted by molar-refractivity contribution is 5.77. The molecule has 5 heteroatoms. The van der Waals surface area contributed by atoms with E-state index >= 15 is 0 Å². The van der Waals surface area contributed by atoms with E-state index in [1.165, 1.54) is 13.0 Å². The van der Waals surface area contributed by atoms with Gasteiger partial charge in [0.1, 0.15) is 5.75 Å². The number of carboxylic acid groups (broad SMARTS) is 1. The average Bonchev–Trinajstić information content (AvgIpc) is 2.23. The highest BCUT2D eigenvalue weighted by Crippen LogP contribution is 2.24. The van der Waals surface area contributed by atoms with Gasteiger partial charge in [0.05, 0.1) is 0 Å². The number of carbonyl (C=O) groups is 1. The van der Waals surface area contributed by atoms with Crippen LogP contribution >= 0.6 is 0 Å². The maximum atomic E-state index is 12.9. The first-order valence-electron chi connectivity index (χ1n) is 5.26. The fourth-order valence-corrected chi connectivity index (χ4v) is 1.48. The van der Waals surface area contributed by atoms with Gasteiger partial charge in [0.2, 0.25) is 5.60 Å². The molecule has 17 heavy (non-hydrogen) atoms. The van der Waals surface area contributed by atoms with Crippen molar-refractivity contribution in [1.82, 2.24) is 0 Å². The molecule has 1 aromatic rings. The van der Waals surface area contributed by atoms with Crippen molar-refractivity contribution in [3.8, 4) is 5.75 Å². The molecular formula is C12H14F2O3. The lowest BCUT2D eigenvalue weighted by Gasteiger charge is -2.25. The molecule has 0 radical (unpaired) electrons. The summed E-state index contributed by atoms with van der Waals surface area (Å²) in [6, 6.07) is 2.94. The molecular weight excluding hydrogens is 230 g/mol. The van der Waals surface area contributed by atoms with Gasteiger partial charge in [-0.1, -0.05) is 13.3 Å². The Kier molecular flexibility index (Phi) is 4.04. The van der Waals surface area contributed by atoms with Gasteiger partial charge < -0.3 is 9.84 Å². The summed E-state index contributed by atoms with van der Waals surface area (Å²) < 4.78 is 30.9. The topological polar surface area (TPSA) is 46.5 Å². The van der Waals surface area contributed by atoms with Crippen LogP contribution in [0.2, 0.25) is 0 Å². The largest absolute Gasteiger partial charge is 0.478 e. The minimum Gasteiger partial charge on any atom is -0.478 e. The third-order valence-electron chi connectivity index (χ3n) is 2.41. The second-order valence-corrected chi connectivity index (χ2v) is 3.96. The lowest BCUT2D eigenvalue weighted by molar-refractivity contribution is -0.154. The molecule has 0 heterocycles. The smallest absolute Gasteiger partial charge is 0.347 e. The van der Waals surface area contributed by atoms with Crippen LogP contribution in [-0.2, 0) is 4.79 Å². The Hall–Kier alpha value is -1.65. The van der Waals surface area contributed by atoms with Crippen molar-refractivity contribution in [3.63, 3.8) is 0 Å². The summed E-state index contributed by atoms with van der Waals surface area (Å²) in [4.78, 5) is 11.1. The van der Waals surface area contributed by atoms with E-state index in [0.29, 0.717) is 6.42 Å². The second-order valence-electron chi connectivity index (χ2n) is 3.96. The minimum atomic E-state index is -1.43. The molecule has 0 amide bonds. The van der Waals surface area contributed by atoms with Crippen molar-refractivity contribution in [2.75, 3.05) is 0 Å². The van der Waals surface area contributed by atoms with Crippen molar-refractivity contribution < 1.29 is 23.4 Å². The molecule has 0 fully saturated rings. The molecule has 0 saturated heterocycles. The Morgan fingerprint density at radius 1 is 1.41 bits per heavy atom. The number of halogens is 2. The summed E-state index contributed by atoms with van der Waals surface area (Å²) in [6.07, 6.45) is 0.883. The number of hydrogen-bond acceptors (Lipinski definition) is 2. The number of benzene rings is 1. The van der Waals surface area contributed by atoms with E-state index in [-0.39, 0.29) is 12.2 Å². The van der Waals surface area contributed by atoms with Crippen LogP contribution in [0.3, 0.4) is 0 Å². The summed E-state index contributed by atoms with van der Waals surface area (Å²) in [7, 11) is 0. The standard InChI is InChI=1S/C12H14F2O3/c1-3-6-12(2,11(15)16)17-8-4-5-9(13)10(14)7-8/h4-5,7H,3,6H2,1-2H3,(H,15,16). The van der Waals surface area contributed by atoms with Gasteiger partial charge in [-0.3, -0.25) is 0 Å². The van der Waals surface area contributed by atoms with Crippen molar-refractivity contribution in [2.45, 2.75) is 32.3 Å². The average molecular weight is 244 g/mol. The zero-order valence-corrected chi connectivity index (χ0v) is 9.67. The first-order valence-corrected chi connectivity index (χ1v) is 5.26. The van der Waals surface area contributed by atoms with Crippen molar-refractivity contribution in [3.05, 3.63) is 29.8 Å². The second kappa shape index (κ2) is 5.12. The Balaban J connectivity index is 2.94. The van der Waals surface area contributed by atoms with Crippen LogP contribution in [-0.4, -0.2) is 16.7 Å². The lowest BCUT2D eigenvalue weighted by Crippen LogP contribution is -2.41. The van der Waals surface area contributed by atoms with Gasteiger partial charge in [-0.15, -0.1) is 0 Å². The molecule has 0 spiro atoms. The predicted molar refractivity (Wildman–Crippen MR) is 57.9 cm³/mol. The predicted octanol–water partition coefficient (Wildman–Crippen LogP) is 2.99. The number of aliphatic carboxylic acids is 1. The van der Waals surface area contributed by atoms with Gasteiger partial charge in [0.15, 0.2) is 11.6 Å². The number of hydrogen-bond donors (Lipinski definition) is 1. The Morgan fingerprint density at radius 3 is 2.53 bits per heavy atom. The van der Waals surface area contributed by atoms with Gasteiger partial charge >= 0.3 is 5.97 Å². The number of rotatable bonds is 5. The normalized spacial score (nSPS) is 14.1. The third-order valence-corrected chi connectivity index (χ3v) is 2.41. The van der Waals surface area contributed by atoms with E-state index in [4.69, 9.17) is 9.84 Å². The van der Waals surface area contributed by atoms with Crippen LogP contribution in [0.1, 0.15) is 26.7 Å². The first kappa shape index (κ1) is 13.4. The molecule has 0 saturated carbocycles. The van der Waals surface area contributed by atoms with E-state index < -0.39 is 23.2 Å². The summed E-state index contributed by atoms with van der Waals surface area (Å²) in [5, 5.41) is 9.06. The molecule has 0 aromatic heterocycles. The van der Waals surface area contributed by atoms with Crippen molar-refractivity contribution >= 4 is 5.97 Å². The zero-order valence-electron chi connectivity index (χ0n) is 9.67. The lowest BCUT2D eigenvalue weighted by atomic mass is 10.0. The van der Waals surface area contributed by atoms with Gasteiger partial charge in [0, 0.05) is 6.07 Å². The maximum Gasteiger partial charge on any atom is 0.347 e. The number of carboxylic acids is 1. The molecule has 0 aliphatic rings. The maximum absolute atomic E-state index is 12.9. The summed E-state index contributed by atoms with van der Waals surface area (Å²) in [5.74, 6) is -3.19. The monoisotopic (exact) mass is 244 g/mol. The highest BCUT2D eigenvalue weighted by atomic mass is 19.2.